The molecule has 2 aliphatic rings. The molecule has 0 saturated carbocycles. The summed E-state index contributed by atoms with van der Waals surface area (Å²) >= 11 is 0. The third-order valence-electron chi connectivity index (χ3n) is 5.89. The van der Waals surface area contributed by atoms with Gasteiger partial charge in [-0.15, -0.1) is 0 Å². The van der Waals surface area contributed by atoms with E-state index >= 15 is 0 Å². The fraction of sp³-hybridized carbons (Fsp3) is 0.360. The number of likely N-dealkylation sites (tertiary alicyclic amines) is 1. The summed E-state index contributed by atoms with van der Waals surface area (Å²) in [7, 11) is 0. The second-order valence-electron chi connectivity index (χ2n) is 7.86. The number of aryl methyl sites for hydroxylation is 2. The number of rotatable bonds is 5. The van der Waals surface area contributed by atoms with E-state index in [0.717, 1.165) is 42.6 Å². The van der Waals surface area contributed by atoms with Crippen molar-refractivity contribution in [3.63, 3.8) is 0 Å². The number of ketones is 1. The van der Waals surface area contributed by atoms with Crippen molar-refractivity contribution < 1.29 is 19.4 Å². The average Bonchev–Trinajstić information content (AvgIpc) is 3.03. The summed E-state index contributed by atoms with van der Waals surface area (Å²) in [6.45, 7) is 5.20. The van der Waals surface area contributed by atoms with Crippen LogP contribution in [-0.4, -0.2) is 34.8 Å². The number of fused-ring (bicyclic) bond motifs is 1. The quantitative estimate of drug-likeness (QED) is 0.455. The van der Waals surface area contributed by atoms with E-state index < -0.39 is 17.7 Å². The minimum atomic E-state index is -0.625. The lowest BCUT2D eigenvalue weighted by molar-refractivity contribution is -0.139. The number of ether oxygens (including phenoxy) is 1. The maximum atomic E-state index is 13.0. The molecule has 0 radical (unpaired) electrons. The first-order chi connectivity index (χ1) is 14.5. The lowest BCUT2D eigenvalue weighted by Crippen LogP contribution is -2.30. The predicted octanol–water partition coefficient (Wildman–Crippen LogP) is 4.41. The fourth-order valence-electron chi connectivity index (χ4n) is 4.30. The molecule has 1 saturated heterocycles. The van der Waals surface area contributed by atoms with Crippen molar-refractivity contribution >= 4 is 17.4 Å². The molecule has 0 aromatic heterocycles. The van der Waals surface area contributed by atoms with Crippen LogP contribution in [0.2, 0.25) is 0 Å². The number of carbonyl (C=O) groups excluding carboxylic acids is 2. The molecule has 0 bridgehead atoms. The third-order valence-corrected chi connectivity index (χ3v) is 5.89. The van der Waals surface area contributed by atoms with Crippen molar-refractivity contribution in [1.82, 2.24) is 4.90 Å². The molecule has 1 atom stereocenters. The van der Waals surface area contributed by atoms with Gasteiger partial charge in [-0.25, -0.2) is 0 Å². The van der Waals surface area contributed by atoms with Crippen LogP contribution in [0.15, 0.2) is 48.0 Å². The van der Waals surface area contributed by atoms with Gasteiger partial charge >= 0.3 is 0 Å². The first kappa shape index (κ1) is 20.2. The number of benzene rings is 2. The molecule has 2 heterocycles. The zero-order valence-corrected chi connectivity index (χ0v) is 17.5. The van der Waals surface area contributed by atoms with Crippen LogP contribution in [0.3, 0.4) is 0 Å². The normalized spacial score (nSPS) is 20.2. The molecule has 30 heavy (non-hydrogen) atoms. The lowest BCUT2D eigenvalue weighted by atomic mass is 9.93. The lowest BCUT2D eigenvalue weighted by Gasteiger charge is -2.25. The largest absolute Gasteiger partial charge is 0.507 e. The van der Waals surface area contributed by atoms with Crippen LogP contribution in [0.5, 0.6) is 5.75 Å². The SMILES string of the molecule is CCCN1C(=O)C(=O)/C(=C(\O)c2ccc3c(c2)CCCO3)C1c1ccc(CC)cc1. The summed E-state index contributed by atoms with van der Waals surface area (Å²) in [6, 6.07) is 12.8. The minimum absolute atomic E-state index is 0.120. The molecule has 2 aromatic rings. The van der Waals surface area contributed by atoms with E-state index in [9.17, 15) is 14.7 Å². The number of aliphatic hydroxyl groups excluding tert-OH is 1. The smallest absolute Gasteiger partial charge is 0.295 e. The number of hydrogen-bond acceptors (Lipinski definition) is 4. The zero-order chi connectivity index (χ0) is 21.3. The average molecular weight is 405 g/mol. The Kier molecular flexibility index (Phi) is 5.62. The summed E-state index contributed by atoms with van der Waals surface area (Å²) in [5.41, 5.74) is 3.74. The summed E-state index contributed by atoms with van der Waals surface area (Å²) in [5, 5.41) is 11.2. The highest BCUT2D eigenvalue weighted by atomic mass is 16.5. The van der Waals surface area contributed by atoms with Crippen LogP contribution in [0, 0.1) is 0 Å². The Hall–Kier alpha value is -3.08. The molecule has 2 aliphatic heterocycles. The van der Waals surface area contributed by atoms with Crippen molar-refractivity contribution in [1.29, 1.82) is 0 Å². The molecular weight excluding hydrogens is 378 g/mol. The van der Waals surface area contributed by atoms with E-state index in [4.69, 9.17) is 4.74 Å². The Labute approximate surface area is 177 Å². The van der Waals surface area contributed by atoms with Crippen LogP contribution in [-0.2, 0) is 22.4 Å². The van der Waals surface area contributed by atoms with Gasteiger partial charge in [0, 0.05) is 12.1 Å². The second-order valence-corrected chi connectivity index (χ2v) is 7.86. The zero-order valence-electron chi connectivity index (χ0n) is 17.5. The van der Waals surface area contributed by atoms with Crippen molar-refractivity contribution in [3.05, 3.63) is 70.3 Å². The molecule has 1 unspecified atom stereocenters. The van der Waals surface area contributed by atoms with Gasteiger partial charge in [-0.3, -0.25) is 9.59 Å². The van der Waals surface area contributed by atoms with E-state index in [1.807, 2.05) is 43.3 Å². The number of carbonyl (C=O) groups is 2. The monoisotopic (exact) mass is 405 g/mol. The molecule has 1 fully saturated rings. The topological polar surface area (TPSA) is 66.8 Å². The summed E-state index contributed by atoms with van der Waals surface area (Å²) in [4.78, 5) is 27.3. The van der Waals surface area contributed by atoms with E-state index in [2.05, 4.69) is 6.92 Å². The Balaban J connectivity index is 1.83. The third kappa shape index (κ3) is 3.49. The molecule has 2 aromatic carbocycles. The van der Waals surface area contributed by atoms with Gasteiger partial charge in [0.05, 0.1) is 18.2 Å². The van der Waals surface area contributed by atoms with Crippen molar-refractivity contribution in [2.45, 2.75) is 45.6 Å². The van der Waals surface area contributed by atoms with Gasteiger partial charge in [0.15, 0.2) is 0 Å². The number of amides is 1. The molecule has 1 N–H and O–H groups in total. The van der Waals surface area contributed by atoms with Crippen LogP contribution in [0.4, 0.5) is 0 Å². The number of nitrogens with zero attached hydrogens (tertiary/aromatic N) is 1. The highest BCUT2D eigenvalue weighted by Gasteiger charge is 2.45. The van der Waals surface area contributed by atoms with Gasteiger partial charge in [-0.1, -0.05) is 38.1 Å². The first-order valence-electron chi connectivity index (χ1n) is 10.7. The minimum Gasteiger partial charge on any atom is -0.507 e. The number of hydrogen-bond donors (Lipinski definition) is 1. The van der Waals surface area contributed by atoms with Gasteiger partial charge in [-0.05, 0) is 60.6 Å². The standard InChI is InChI=1S/C25H27NO4/c1-3-13-26-22(17-9-7-16(4-2)8-10-17)21(24(28)25(26)29)23(27)19-11-12-20-18(15-19)6-5-14-30-20/h7-12,15,22,27H,3-6,13-14H2,1-2H3/b23-21-. The number of Topliss-reactive ketones (excluding diaryl/α,β-unsaturated/α-hetero) is 1. The van der Waals surface area contributed by atoms with Gasteiger partial charge in [0.1, 0.15) is 11.5 Å². The second kappa shape index (κ2) is 8.34. The molecular formula is C25H27NO4. The molecule has 4 rings (SSSR count). The predicted molar refractivity (Wildman–Crippen MR) is 115 cm³/mol. The Morgan fingerprint density at radius 3 is 2.60 bits per heavy atom. The molecule has 156 valence electrons. The van der Waals surface area contributed by atoms with E-state index in [1.165, 1.54) is 5.56 Å². The summed E-state index contributed by atoms with van der Waals surface area (Å²) < 4.78 is 5.66. The molecule has 5 nitrogen and oxygen atoms in total. The van der Waals surface area contributed by atoms with E-state index in [-0.39, 0.29) is 11.3 Å². The Morgan fingerprint density at radius 1 is 1.13 bits per heavy atom. The summed E-state index contributed by atoms with van der Waals surface area (Å²) in [6.07, 6.45) is 3.42. The van der Waals surface area contributed by atoms with Gasteiger partial charge in [0.25, 0.3) is 11.7 Å². The Morgan fingerprint density at radius 2 is 1.90 bits per heavy atom. The Bertz CT molecular complexity index is 1010. The van der Waals surface area contributed by atoms with Crippen molar-refractivity contribution in [2.24, 2.45) is 0 Å². The van der Waals surface area contributed by atoms with E-state index in [1.54, 1.807) is 11.0 Å². The molecule has 1 amide bonds. The van der Waals surface area contributed by atoms with E-state index in [0.29, 0.717) is 18.7 Å². The van der Waals surface area contributed by atoms with Gasteiger partial charge in [0.2, 0.25) is 0 Å². The maximum Gasteiger partial charge on any atom is 0.295 e. The van der Waals surface area contributed by atoms with Crippen molar-refractivity contribution in [2.75, 3.05) is 13.2 Å². The van der Waals surface area contributed by atoms with Crippen molar-refractivity contribution in [3.8, 4) is 5.75 Å². The van der Waals surface area contributed by atoms with Crippen LogP contribution >= 0.6 is 0 Å². The van der Waals surface area contributed by atoms with Crippen LogP contribution in [0.1, 0.15) is 55.0 Å². The molecule has 0 aliphatic carbocycles. The fourth-order valence-corrected chi connectivity index (χ4v) is 4.30. The van der Waals surface area contributed by atoms with Gasteiger partial charge in [-0.2, -0.15) is 0 Å². The number of aliphatic hydroxyl groups is 1. The highest BCUT2D eigenvalue weighted by molar-refractivity contribution is 6.46. The van der Waals surface area contributed by atoms with Crippen LogP contribution < -0.4 is 4.74 Å². The van der Waals surface area contributed by atoms with Crippen LogP contribution in [0.25, 0.3) is 5.76 Å². The molecule has 5 heteroatoms. The highest BCUT2D eigenvalue weighted by Crippen LogP contribution is 2.40. The molecule has 0 spiro atoms. The first-order valence-corrected chi connectivity index (χ1v) is 10.7. The summed E-state index contributed by atoms with van der Waals surface area (Å²) in [5.74, 6) is -0.482. The van der Waals surface area contributed by atoms with Gasteiger partial charge < -0.3 is 14.7 Å². The maximum absolute atomic E-state index is 13.0.